The Hall–Kier alpha value is -3.49. The van der Waals surface area contributed by atoms with Crippen molar-refractivity contribution in [3.05, 3.63) is 54.1 Å². The summed E-state index contributed by atoms with van der Waals surface area (Å²) in [6.45, 7) is 2.19. The second-order valence-electron chi connectivity index (χ2n) is 11.1. The largest absolute Gasteiger partial charge is 0.573 e. The molecule has 2 aliphatic rings. The van der Waals surface area contributed by atoms with Gasteiger partial charge in [-0.25, -0.2) is 13.9 Å². The Morgan fingerprint density at radius 2 is 1.77 bits per heavy atom. The maximum Gasteiger partial charge on any atom is 0.573 e. The number of ketones is 2. The van der Waals surface area contributed by atoms with Crippen molar-refractivity contribution < 1.29 is 55.4 Å². The number of nitrogens with one attached hydrogen (secondary N) is 1. The number of ether oxygens (including phenoxy) is 3. The number of sulfone groups is 1. The van der Waals surface area contributed by atoms with Gasteiger partial charge in [-0.15, -0.1) is 13.2 Å². The quantitative estimate of drug-likeness (QED) is 0.205. The van der Waals surface area contributed by atoms with E-state index in [9.17, 15) is 41.2 Å². The van der Waals surface area contributed by atoms with E-state index in [1.165, 1.54) is 41.9 Å². The van der Waals surface area contributed by atoms with Gasteiger partial charge in [0.2, 0.25) is 0 Å². The third-order valence-corrected chi connectivity index (χ3v) is 10.8. The molecule has 1 aliphatic carbocycles. The number of hydrogen-bond donors (Lipinski definition) is 2. The van der Waals surface area contributed by atoms with Crippen LogP contribution in [0.2, 0.25) is 0 Å². The van der Waals surface area contributed by atoms with E-state index in [1.54, 1.807) is 0 Å². The molecule has 3 atom stereocenters. The van der Waals surface area contributed by atoms with E-state index in [2.05, 4.69) is 4.74 Å². The second kappa shape index (κ2) is 13.7. The van der Waals surface area contributed by atoms with Crippen molar-refractivity contribution >= 4 is 27.3 Å². The van der Waals surface area contributed by atoms with E-state index in [1.807, 2.05) is 6.92 Å². The van der Waals surface area contributed by atoms with E-state index in [-0.39, 0.29) is 67.9 Å². The monoisotopic (exact) mass is 641 g/mol. The zero-order valence-corrected chi connectivity index (χ0v) is 24.8. The number of benzene rings is 2. The first-order chi connectivity index (χ1) is 20.8. The summed E-state index contributed by atoms with van der Waals surface area (Å²) in [7, 11) is -4.17. The number of rotatable bonds is 11. The lowest BCUT2D eigenvalue weighted by atomic mass is 9.71. The Bertz CT molecular complexity index is 1450. The number of halogens is 3. The van der Waals surface area contributed by atoms with Crippen LogP contribution in [0.1, 0.15) is 56.9 Å². The molecule has 1 heterocycles. The Balaban J connectivity index is 1.33. The van der Waals surface area contributed by atoms with Crippen LogP contribution in [0, 0.1) is 11.8 Å². The van der Waals surface area contributed by atoms with E-state index < -0.39 is 44.4 Å². The molecule has 4 rings (SSSR count). The van der Waals surface area contributed by atoms with Gasteiger partial charge in [0, 0.05) is 37.9 Å². The van der Waals surface area contributed by atoms with Crippen molar-refractivity contribution in [2.24, 2.45) is 11.8 Å². The predicted molar refractivity (Wildman–Crippen MR) is 149 cm³/mol. The number of carbonyl (C=O) groups excluding carboxylic acids is 3. The van der Waals surface area contributed by atoms with Crippen LogP contribution in [-0.2, 0) is 29.0 Å². The van der Waals surface area contributed by atoms with Gasteiger partial charge in [0.25, 0.3) is 5.91 Å². The molecule has 1 saturated heterocycles. The maximum atomic E-state index is 13.4. The third-order valence-electron chi connectivity index (χ3n) is 8.31. The molecular weight excluding hydrogens is 607 g/mol. The van der Waals surface area contributed by atoms with Crippen molar-refractivity contribution in [1.82, 2.24) is 5.48 Å². The van der Waals surface area contributed by atoms with E-state index in [0.29, 0.717) is 24.2 Å². The van der Waals surface area contributed by atoms with Crippen LogP contribution in [-0.4, -0.2) is 62.0 Å². The molecule has 10 nitrogen and oxygen atoms in total. The minimum atomic E-state index is -4.88. The highest BCUT2D eigenvalue weighted by Gasteiger charge is 2.52. The van der Waals surface area contributed by atoms with Crippen LogP contribution in [0.3, 0.4) is 0 Å². The minimum Gasteiger partial charge on any atom is -0.494 e. The molecule has 1 saturated carbocycles. The van der Waals surface area contributed by atoms with Crippen molar-refractivity contribution in [2.75, 3.05) is 19.8 Å². The molecular formula is C30H34F3NO9S. The number of carbonyl (C=O) groups is 3. The molecule has 1 amide bonds. The summed E-state index contributed by atoms with van der Waals surface area (Å²) in [5.41, 5.74) is 1.78. The summed E-state index contributed by atoms with van der Waals surface area (Å²) in [5.74, 6) is -3.06. The second-order valence-corrected chi connectivity index (χ2v) is 13.4. The Morgan fingerprint density at radius 3 is 2.41 bits per heavy atom. The van der Waals surface area contributed by atoms with Crippen LogP contribution in [0.15, 0.2) is 53.4 Å². The first-order valence-corrected chi connectivity index (χ1v) is 15.7. The molecule has 0 aromatic heterocycles. The highest BCUT2D eigenvalue weighted by atomic mass is 32.2. The van der Waals surface area contributed by atoms with Crippen molar-refractivity contribution in [1.29, 1.82) is 0 Å². The molecule has 0 bridgehead atoms. The Morgan fingerprint density at radius 1 is 1.09 bits per heavy atom. The summed E-state index contributed by atoms with van der Waals surface area (Å²) in [4.78, 5) is 38.2. The van der Waals surface area contributed by atoms with Crippen LogP contribution < -0.4 is 15.0 Å². The van der Waals surface area contributed by atoms with Gasteiger partial charge >= 0.3 is 6.36 Å². The van der Waals surface area contributed by atoms with Crippen molar-refractivity contribution in [2.45, 2.75) is 67.4 Å². The minimum absolute atomic E-state index is 0.0532. The lowest BCUT2D eigenvalue weighted by Crippen LogP contribution is -2.54. The van der Waals surface area contributed by atoms with E-state index in [0.717, 1.165) is 12.1 Å². The molecule has 44 heavy (non-hydrogen) atoms. The lowest BCUT2D eigenvalue weighted by Gasteiger charge is -2.34. The molecule has 2 aromatic carbocycles. The highest BCUT2D eigenvalue weighted by molar-refractivity contribution is 7.93. The zero-order valence-electron chi connectivity index (χ0n) is 24.0. The van der Waals surface area contributed by atoms with Gasteiger partial charge in [0.15, 0.2) is 14.6 Å². The van der Waals surface area contributed by atoms with Gasteiger partial charge in [0.05, 0.1) is 11.5 Å². The van der Waals surface area contributed by atoms with Crippen LogP contribution in [0.4, 0.5) is 13.2 Å². The molecule has 1 unspecified atom stereocenters. The fraction of sp³-hybridized carbons (Fsp3) is 0.500. The average Bonchev–Trinajstić information content (AvgIpc) is 2.99. The Labute approximate surface area is 252 Å². The molecule has 0 radical (unpaired) electrons. The number of hydrogen-bond acceptors (Lipinski definition) is 9. The fourth-order valence-electron chi connectivity index (χ4n) is 5.87. The first-order valence-electron chi connectivity index (χ1n) is 14.2. The lowest BCUT2D eigenvalue weighted by molar-refractivity contribution is -0.274. The maximum absolute atomic E-state index is 13.4. The Kier molecular flexibility index (Phi) is 10.4. The fourth-order valence-corrected chi connectivity index (χ4v) is 7.81. The molecule has 2 fully saturated rings. The first kappa shape index (κ1) is 33.4. The number of alkyl halides is 3. The molecule has 2 N–H and O–H groups in total. The van der Waals surface area contributed by atoms with Crippen molar-refractivity contribution in [3.63, 3.8) is 0 Å². The number of amides is 1. The van der Waals surface area contributed by atoms with E-state index in [4.69, 9.17) is 9.47 Å². The average molecular weight is 642 g/mol. The third kappa shape index (κ3) is 7.41. The molecule has 14 heteroatoms. The van der Waals surface area contributed by atoms with Crippen LogP contribution in [0.5, 0.6) is 11.5 Å². The standard InChI is InChI=1S/C30H34F3NO9S/c1-19(25-17-21(35)18-26(27(25)36)20-5-2-6-23(16-20)43-30(31,32)33)4-3-13-42-22-7-9-24(10-8-22)44(39,40)29(28(37)34-38)11-14-41-15-12-29/h2,5-10,16,19,25-26,38H,3-4,11-15,17-18H2,1H3,(H,34,37)/t19-,25-,26?/m1/s1. The normalized spacial score (nSPS) is 21.4. The molecule has 0 spiro atoms. The molecule has 1 aliphatic heterocycles. The molecule has 240 valence electrons. The predicted octanol–water partition coefficient (Wildman–Crippen LogP) is 4.54. The molecule has 2 aromatic rings. The summed E-state index contributed by atoms with van der Waals surface area (Å²) >= 11 is 0. The number of hydroxylamine groups is 1. The topological polar surface area (TPSA) is 145 Å². The number of Topliss-reactive ketones (excluding diaryl/α,β-unsaturated/α-hetero) is 2. The van der Waals surface area contributed by atoms with Gasteiger partial charge in [-0.2, -0.15) is 0 Å². The van der Waals surface area contributed by atoms with Crippen molar-refractivity contribution in [3.8, 4) is 11.5 Å². The van der Waals surface area contributed by atoms with E-state index >= 15 is 0 Å². The van der Waals surface area contributed by atoms with Crippen LogP contribution in [0.25, 0.3) is 0 Å². The SMILES string of the molecule is C[C@H](CCCOc1ccc(S(=O)(=O)C2(C(=O)NO)CCOCC2)cc1)[C@H]1CC(=O)CC(c2cccc(OC(F)(F)F)c2)C1=O. The summed E-state index contributed by atoms with van der Waals surface area (Å²) < 4.78 is 77.8. The zero-order chi connectivity index (χ0) is 32.1. The highest BCUT2D eigenvalue weighted by Crippen LogP contribution is 2.38. The van der Waals surface area contributed by atoms with Gasteiger partial charge in [-0.3, -0.25) is 19.6 Å². The van der Waals surface area contributed by atoms with Crippen LogP contribution >= 0.6 is 0 Å². The summed E-state index contributed by atoms with van der Waals surface area (Å²) in [6, 6.07) is 10.7. The van der Waals surface area contributed by atoms with Gasteiger partial charge in [-0.05, 0) is 73.6 Å². The van der Waals surface area contributed by atoms with Gasteiger partial charge in [-0.1, -0.05) is 19.1 Å². The summed E-state index contributed by atoms with van der Waals surface area (Å²) in [6.07, 6.45) is -4.06. The summed E-state index contributed by atoms with van der Waals surface area (Å²) in [5, 5.41) is 9.19. The smallest absolute Gasteiger partial charge is 0.494 e. The van der Waals surface area contributed by atoms with Gasteiger partial charge in [0.1, 0.15) is 23.1 Å². The van der Waals surface area contributed by atoms with Gasteiger partial charge < -0.3 is 14.2 Å².